The van der Waals surface area contributed by atoms with E-state index in [0.717, 1.165) is 36.5 Å². The van der Waals surface area contributed by atoms with E-state index in [4.69, 9.17) is 0 Å². The summed E-state index contributed by atoms with van der Waals surface area (Å²) in [5, 5.41) is 3.34. The van der Waals surface area contributed by atoms with E-state index in [1.54, 1.807) is 0 Å². The minimum atomic E-state index is 0. The number of halogens is 2. The minimum Gasteiger partial charge on any atom is -0.357 e. The first kappa shape index (κ1) is 19.8. The summed E-state index contributed by atoms with van der Waals surface area (Å²) in [6.45, 7) is 6.92. The van der Waals surface area contributed by atoms with E-state index in [1.165, 1.54) is 12.1 Å². The fraction of sp³-hybridized carbons (Fsp3) is 0.643. The van der Waals surface area contributed by atoms with Crippen LogP contribution in [0.3, 0.4) is 0 Å². The Morgan fingerprint density at radius 3 is 2.65 bits per heavy atom. The first-order chi connectivity index (χ1) is 9.08. The van der Waals surface area contributed by atoms with Gasteiger partial charge in [0.2, 0.25) is 0 Å². The molecule has 4 nitrogen and oxygen atoms in total. The Morgan fingerprint density at radius 2 is 2.15 bits per heavy atom. The maximum atomic E-state index is 4.65. The average Bonchev–Trinajstić information content (AvgIpc) is 2.67. The monoisotopic (exact) mass is 456 g/mol. The Kier molecular flexibility index (Phi) is 10.4. The van der Waals surface area contributed by atoms with E-state index in [1.807, 2.05) is 0 Å². The van der Waals surface area contributed by atoms with Gasteiger partial charge in [0.25, 0.3) is 0 Å². The lowest BCUT2D eigenvalue weighted by molar-refractivity contribution is 0.461. The Hall–Kier alpha value is -0.240. The highest BCUT2D eigenvalue weighted by molar-refractivity contribution is 14.0. The van der Waals surface area contributed by atoms with Gasteiger partial charge in [0, 0.05) is 43.5 Å². The van der Waals surface area contributed by atoms with Gasteiger partial charge < -0.3 is 14.8 Å². The van der Waals surface area contributed by atoms with Crippen molar-refractivity contribution in [3.8, 4) is 0 Å². The maximum Gasteiger partial charge on any atom is 0.194 e. The topological polar surface area (TPSA) is 32.6 Å². The lowest BCUT2D eigenvalue weighted by Gasteiger charge is -2.22. The van der Waals surface area contributed by atoms with Gasteiger partial charge in [-0.15, -0.1) is 24.0 Å². The van der Waals surface area contributed by atoms with E-state index in [9.17, 15) is 0 Å². The fourth-order valence-electron chi connectivity index (χ4n) is 1.85. The van der Waals surface area contributed by atoms with Gasteiger partial charge >= 0.3 is 0 Å². The number of hydrogen-bond donors (Lipinski definition) is 1. The Morgan fingerprint density at radius 1 is 1.45 bits per heavy atom. The predicted octanol–water partition coefficient (Wildman–Crippen LogP) is 3.60. The fourth-order valence-corrected chi connectivity index (χ4v) is 2.43. The summed E-state index contributed by atoms with van der Waals surface area (Å²) in [4.78, 5) is 6.81. The van der Waals surface area contributed by atoms with Crippen molar-refractivity contribution < 1.29 is 0 Å². The molecular weight excluding hydrogens is 431 g/mol. The molecular formula is C14H26BrIN4. The molecule has 1 aromatic rings. The van der Waals surface area contributed by atoms with Crippen LogP contribution in [0.25, 0.3) is 0 Å². The van der Waals surface area contributed by atoms with Gasteiger partial charge in [-0.1, -0.05) is 13.3 Å². The van der Waals surface area contributed by atoms with Crippen LogP contribution in [0.15, 0.2) is 21.7 Å². The van der Waals surface area contributed by atoms with Crippen molar-refractivity contribution in [3.05, 3.63) is 22.4 Å². The van der Waals surface area contributed by atoms with Crippen molar-refractivity contribution in [3.63, 3.8) is 0 Å². The zero-order valence-electron chi connectivity index (χ0n) is 12.8. The van der Waals surface area contributed by atoms with E-state index in [-0.39, 0.29) is 24.0 Å². The summed E-state index contributed by atoms with van der Waals surface area (Å²) in [5.41, 5.74) is 1.26. The number of rotatable bonds is 6. The molecule has 0 fully saturated rings. The van der Waals surface area contributed by atoms with Crippen molar-refractivity contribution >= 4 is 45.9 Å². The van der Waals surface area contributed by atoms with Gasteiger partial charge in [0.05, 0.1) is 6.54 Å². The number of nitrogens with one attached hydrogen (secondary N) is 1. The molecule has 0 radical (unpaired) electrons. The summed E-state index contributed by atoms with van der Waals surface area (Å²) in [5.74, 6) is 0.980. The SMILES string of the molecule is CCCCN=C(NCC)N(C)Cc1cc(Br)cn1C.I. The summed E-state index contributed by atoms with van der Waals surface area (Å²) in [6, 6.07) is 2.14. The molecule has 1 heterocycles. The molecule has 1 aromatic heterocycles. The molecule has 0 bridgehead atoms. The van der Waals surface area contributed by atoms with Gasteiger partial charge in [-0.25, -0.2) is 0 Å². The zero-order valence-corrected chi connectivity index (χ0v) is 16.7. The number of hydrogen-bond acceptors (Lipinski definition) is 1. The summed E-state index contributed by atoms with van der Waals surface area (Å²) in [6.07, 6.45) is 4.39. The molecule has 1 rings (SSSR count). The van der Waals surface area contributed by atoms with Crippen molar-refractivity contribution in [1.29, 1.82) is 0 Å². The molecule has 0 unspecified atom stereocenters. The second-order valence-corrected chi connectivity index (χ2v) is 5.62. The molecule has 6 heteroatoms. The molecule has 0 aliphatic heterocycles. The van der Waals surface area contributed by atoms with Crippen LogP contribution in [0.4, 0.5) is 0 Å². The molecule has 116 valence electrons. The molecule has 0 aromatic carbocycles. The normalized spacial score (nSPS) is 11.2. The van der Waals surface area contributed by atoms with E-state index < -0.39 is 0 Å². The lowest BCUT2D eigenvalue weighted by atomic mass is 10.3. The third kappa shape index (κ3) is 6.47. The Labute approximate surface area is 148 Å². The van der Waals surface area contributed by atoms with Crippen LogP contribution in [0, 0.1) is 0 Å². The molecule has 0 aliphatic rings. The standard InChI is InChI=1S/C14H25BrN4.HI/c1-5-7-8-17-14(16-6-2)19(4)11-13-9-12(15)10-18(13)3;/h9-10H,5-8,11H2,1-4H3,(H,16,17);1H. The molecule has 0 spiro atoms. The molecule has 0 amide bonds. The number of unbranched alkanes of at least 4 members (excludes halogenated alkanes) is 1. The smallest absolute Gasteiger partial charge is 0.194 e. The van der Waals surface area contributed by atoms with Crippen molar-refractivity contribution in [2.24, 2.45) is 12.0 Å². The van der Waals surface area contributed by atoms with Crippen LogP contribution in [-0.4, -0.2) is 35.6 Å². The van der Waals surface area contributed by atoms with Crippen LogP contribution < -0.4 is 5.32 Å². The second kappa shape index (κ2) is 10.5. The average molecular weight is 457 g/mol. The number of aromatic nitrogens is 1. The molecule has 1 N–H and O–H groups in total. The van der Waals surface area contributed by atoms with Crippen molar-refractivity contribution in [1.82, 2.24) is 14.8 Å². The minimum absolute atomic E-state index is 0. The lowest BCUT2D eigenvalue weighted by Crippen LogP contribution is -2.38. The first-order valence-corrected chi connectivity index (χ1v) is 7.68. The van der Waals surface area contributed by atoms with Gasteiger partial charge in [-0.3, -0.25) is 4.99 Å². The highest BCUT2D eigenvalue weighted by Crippen LogP contribution is 2.14. The number of aryl methyl sites for hydroxylation is 1. The Bertz CT molecular complexity index is 417. The van der Waals surface area contributed by atoms with Crippen LogP contribution in [0.2, 0.25) is 0 Å². The van der Waals surface area contributed by atoms with E-state index in [2.05, 4.69) is 75.9 Å². The number of nitrogens with zero attached hydrogens (tertiary/aromatic N) is 3. The van der Waals surface area contributed by atoms with Crippen LogP contribution in [0.1, 0.15) is 32.4 Å². The number of aliphatic imine (C=N–C) groups is 1. The Balaban J connectivity index is 0.00000361. The quantitative estimate of drug-likeness (QED) is 0.307. The molecule has 0 saturated heterocycles. The van der Waals surface area contributed by atoms with Crippen LogP contribution in [-0.2, 0) is 13.6 Å². The molecule has 0 saturated carbocycles. The summed E-state index contributed by atoms with van der Waals surface area (Å²) >= 11 is 3.51. The zero-order chi connectivity index (χ0) is 14.3. The first-order valence-electron chi connectivity index (χ1n) is 6.88. The van der Waals surface area contributed by atoms with Crippen LogP contribution in [0.5, 0.6) is 0 Å². The highest BCUT2D eigenvalue weighted by Gasteiger charge is 2.09. The summed E-state index contributed by atoms with van der Waals surface area (Å²) < 4.78 is 3.25. The number of guanidine groups is 1. The van der Waals surface area contributed by atoms with Gasteiger partial charge in [0.1, 0.15) is 0 Å². The van der Waals surface area contributed by atoms with Crippen molar-refractivity contribution in [2.75, 3.05) is 20.1 Å². The molecule has 0 atom stereocenters. The second-order valence-electron chi connectivity index (χ2n) is 4.71. The molecule has 20 heavy (non-hydrogen) atoms. The predicted molar refractivity (Wildman–Crippen MR) is 101 cm³/mol. The highest BCUT2D eigenvalue weighted by atomic mass is 127. The van der Waals surface area contributed by atoms with Gasteiger partial charge in [-0.05, 0) is 35.3 Å². The third-order valence-corrected chi connectivity index (χ3v) is 3.38. The van der Waals surface area contributed by atoms with Crippen molar-refractivity contribution in [2.45, 2.75) is 33.2 Å². The van der Waals surface area contributed by atoms with Gasteiger partial charge in [-0.2, -0.15) is 0 Å². The molecule has 0 aliphatic carbocycles. The maximum absolute atomic E-state index is 4.65. The van der Waals surface area contributed by atoms with Crippen LogP contribution >= 0.6 is 39.9 Å². The summed E-state index contributed by atoms with van der Waals surface area (Å²) in [7, 11) is 4.14. The van der Waals surface area contributed by atoms with E-state index in [0.29, 0.717) is 0 Å². The van der Waals surface area contributed by atoms with E-state index >= 15 is 0 Å². The largest absolute Gasteiger partial charge is 0.357 e. The van der Waals surface area contributed by atoms with Gasteiger partial charge in [0.15, 0.2) is 5.96 Å². The third-order valence-electron chi connectivity index (χ3n) is 2.94.